The summed E-state index contributed by atoms with van der Waals surface area (Å²) in [5.74, 6) is 1.45. The fraction of sp³-hybridized carbons (Fsp3) is 0.241. The highest BCUT2D eigenvalue weighted by Crippen LogP contribution is 2.35. The monoisotopic (exact) mass is 1060 g/mol. The van der Waals surface area contributed by atoms with E-state index in [9.17, 15) is 19.8 Å². The maximum absolute atomic E-state index is 13.8. The minimum atomic E-state index is -0.823. The van der Waals surface area contributed by atoms with Crippen LogP contribution in [0.25, 0.3) is 66.6 Å². The number of aliphatic hydroxyl groups is 2. The zero-order valence-electron chi connectivity index (χ0n) is 42.0. The van der Waals surface area contributed by atoms with Crippen LogP contribution < -0.4 is 42.1 Å². The molecule has 0 radical (unpaired) electrons. The van der Waals surface area contributed by atoms with Crippen molar-refractivity contribution in [1.82, 2.24) is 40.5 Å². The number of aromatic nitrogens is 6. The minimum Gasteiger partial charge on any atom is -0.387 e. The highest BCUT2D eigenvalue weighted by Gasteiger charge is 2.23. The third-order valence-electron chi connectivity index (χ3n) is 14.2. The van der Waals surface area contributed by atoms with Crippen molar-refractivity contribution in [3.05, 3.63) is 174 Å². The zero-order valence-corrected chi connectivity index (χ0v) is 43.5. The summed E-state index contributed by atoms with van der Waals surface area (Å²) >= 11 is 12.2. The van der Waals surface area contributed by atoms with Gasteiger partial charge in [-0.1, -0.05) is 77.8 Å². The number of hydrogen-bond donors (Lipinski definition) is 10. The number of imidazole rings is 2. The standard InChI is InChI=1S/2C29H29ClN6O2/c1-17-13-20(36-11-9-31-10-12-36)15-23-26(17)35-29(34-23)25-27(38)21-7-2-3-8-22(21)33-28(25)32-16-24(37)18-5-4-6-19(30)14-18;1-17-13-20(36-11-9-31-10-12-36)15-23-26(17)35-28(33-23)25-27(21-7-2-3-8-22(21)34-29(25)38)32-16-24(37)18-5-4-6-19(30)14-18/h2-8,13-15,24,31,37H,9-12,16H2,1H3,(H,34,35)(H2,32,33,38);2-8,13-15,24,31,37H,9-12,16H2,1H3,(H,33,35)(H2,32,34,38)/t2*24-/m11/s1. The van der Waals surface area contributed by atoms with Gasteiger partial charge in [0.15, 0.2) is 0 Å². The first-order valence-electron chi connectivity index (χ1n) is 25.5. The third kappa shape index (κ3) is 10.5. The number of pyridine rings is 2. The first-order valence-corrected chi connectivity index (χ1v) is 26.3. The van der Waals surface area contributed by atoms with Gasteiger partial charge >= 0.3 is 0 Å². The summed E-state index contributed by atoms with van der Waals surface area (Å²) in [4.78, 5) is 54.8. The van der Waals surface area contributed by atoms with Gasteiger partial charge in [-0.2, -0.15) is 0 Å². The van der Waals surface area contributed by atoms with Gasteiger partial charge in [0.25, 0.3) is 5.56 Å². The van der Waals surface area contributed by atoms with E-state index in [1.165, 1.54) is 0 Å². The molecule has 76 heavy (non-hydrogen) atoms. The van der Waals surface area contributed by atoms with Gasteiger partial charge in [-0.3, -0.25) is 9.59 Å². The molecule has 10 N–H and O–H groups in total. The van der Waals surface area contributed by atoms with Gasteiger partial charge in [-0.05, 0) is 103 Å². The number of H-pyrrole nitrogens is 4. The van der Waals surface area contributed by atoms with E-state index in [1.54, 1.807) is 42.5 Å². The lowest BCUT2D eigenvalue weighted by Gasteiger charge is -2.29. The number of benzene rings is 6. The number of piperazine rings is 2. The lowest BCUT2D eigenvalue weighted by molar-refractivity contribution is 0.191. The molecule has 2 fully saturated rings. The third-order valence-corrected chi connectivity index (χ3v) is 14.7. The number of nitrogens with one attached hydrogen (secondary N) is 8. The molecule has 2 aliphatic heterocycles. The maximum Gasteiger partial charge on any atom is 0.261 e. The van der Waals surface area contributed by atoms with E-state index in [-0.39, 0.29) is 24.1 Å². The Bertz CT molecular complexity index is 3770. The molecule has 6 heterocycles. The van der Waals surface area contributed by atoms with Crippen molar-refractivity contribution in [3.8, 4) is 22.8 Å². The molecule has 2 aliphatic rings. The summed E-state index contributed by atoms with van der Waals surface area (Å²) in [6.07, 6.45) is -1.64. The number of aromatic amines is 4. The average Bonchev–Trinajstić information content (AvgIpc) is 4.15. The van der Waals surface area contributed by atoms with Crippen LogP contribution in [0.15, 0.2) is 131 Å². The molecule has 10 aromatic rings. The Kier molecular flexibility index (Phi) is 14.5. The summed E-state index contributed by atoms with van der Waals surface area (Å²) in [6, 6.07) is 37.8. The number of halogens is 2. The van der Waals surface area contributed by atoms with E-state index in [0.29, 0.717) is 71.9 Å². The molecule has 388 valence electrons. The van der Waals surface area contributed by atoms with Crippen molar-refractivity contribution in [2.75, 3.05) is 85.9 Å². The highest BCUT2D eigenvalue weighted by atomic mass is 35.5. The highest BCUT2D eigenvalue weighted by molar-refractivity contribution is 6.31. The lowest BCUT2D eigenvalue weighted by Crippen LogP contribution is -2.43. The molecule has 0 unspecified atom stereocenters. The van der Waals surface area contributed by atoms with Crippen LogP contribution in [0.4, 0.5) is 22.9 Å². The van der Waals surface area contributed by atoms with Crippen molar-refractivity contribution in [2.24, 2.45) is 0 Å². The molecule has 0 aliphatic carbocycles. The first kappa shape index (κ1) is 50.5. The van der Waals surface area contributed by atoms with Crippen LogP contribution in [0.3, 0.4) is 0 Å². The van der Waals surface area contributed by atoms with Gasteiger partial charge in [-0.15, -0.1) is 0 Å². The topological polar surface area (TPSA) is 218 Å². The summed E-state index contributed by atoms with van der Waals surface area (Å²) < 4.78 is 0. The largest absolute Gasteiger partial charge is 0.387 e. The fourth-order valence-corrected chi connectivity index (χ4v) is 10.7. The quantitative estimate of drug-likeness (QED) is 0.0554. The number of para-hydroxylation sites is 2. The Hall–Kier alpha value is -7.70. The van der Waals surface area contributed by atoms with Gasteiger partial charge in [0.2, 0.25) is 5.43 Å². The predicted octanol–water partition coefficient (Wildman–Crippen LogP) is 9.18. The summed E-state index contributed by atoms with van der Waals surface area (Å²) in [6.45, 7) is 12.0. The normalized spacial score (nSPS) is 14.8. The van der Waals surface area contributed by atoms with Gasteiger partial charge in [0.1, 0.15) is 28.6 Å². The van der Waals surface area contributed by atoms with Crippen molar-refractivity contribution in [2.45, 2.75) is 26.1 Å². The van der Waals surface area contributed by atoms with E-state index in [1.807, 2.05) is 68.4 Å². The Morgan fingerprint density at radius 2 is 1.04 bits per heavy atom. The van der Waals surface area contributed by atoms with Crippen molar-refractivity contribution < 1.29 is 10.2 Å². The van der Waals surface area contributed by atoms with E-state index < -0.39 is 12.2 Å². The van der Waals surface area contributed by atoms with E-state index in [2.05, 4.69) is 75.3 Å². The smallest absolute Gasteiger partial charge is 0.261 e. The fourth-order valence-electron chi connectivity index (χ4n) is 10.3. The second-order valence-corrected chi connectivity index (χ2v) is 20.2. The maximum atomic E-state index is 13.8. The van der Waals surface area contributed by atoms with Crippen LogP contribution in [0.5, 0.6) is 0 Å². The number of fused-ring (bicyclic) bond motifs is 4. The Morgan fingerprint density at radius 1 is 0.553 bits per heavy atom. The molecular formula is C58H58Cl2N12O4. The summed E-state index contributed by atoms with van der Waals surface area (Å²) in [5, 5.41) is 37.6. The Morgan fingerprint density at radius 3 is 1.58 bits per heavy atom. The van der Waals surface area contributed by atoms with Gasteiger partial charge < -0.3 is 61.2 Å². The van der Waals surface area contributed by atoms with Crippen LogP contribution in [-0.2, 0) is 0 Å². The number of nitrogens with zero attached hydrogens (tertiary/aromatic N) is 4. The summed E-state index contributed by atoms with van der Waals surface area (Å²) in [5.41, 5.74) is 11.6. The Labute approximate surface area is 447 Å². The minimum absolute atomic E-state index is 0.141. The van der Waals surface area contributed by atoms with Gasteiger partial charge in [0.05, 0.1) is 51.0 Å². The predicted molar refractivity (Wildman–Crippen MR) is 309 cm³/mol. The van der Waals surface area contributed by atoms with Crippen LogP contribution in [0.1, 0.15) is 34.5 Å². The molecular weight excluding hydrogens is 1000 g/mol. The van der Waals surface area contributed by atoms with Crippen molar-refractivity contribution in [3.63, 3.8) is 0 Å². The molecule has 2 atom stereocenters. The number of rotatable bonds is 12. The van der Waals surface area contributed by atoms with Crippen molar-refractivity contribution in [1.29, 1.82) is 0 Å². The van der Waals surface area contributed by atoms with E-state index in [0.717, 1.165) is 102 Å². The van der Waals surface area contributed by atoms with Crippen molar-refractivity contribution >= 4 is 90.0 Å². The molecule has 2 saturated heterocycles. The molecule has 0 saturated carbocycles. The van der Waals surface area contributed by atoms with E-state index >= 15 is 0 Å². The van der Waals surface area contributed by atoms with Crippen LogP contribution in [0, 0.1) is 13.8 Å². The van der Waals surface area contributed by atoms with Crippen LogP contribution in [0.2, 0.25) is 10.0 Å². The number of aliphatic hydroxyl groups excluding tert-OH is 2. The molecule has 18 heteroatoms. The second kappa shape index (κ2) is 21.9. The molecule has 16 nitrogen and oxygen atoms in total. The van der Waals surface area contributed by atoms with Crippen LogP contribution in [-0.4, -0.2) is 106 Å². The number of anilines is 4. The first-order chi connectivity index (χ1) is 36.9. The molecule has 0 bridgehead atoms. The lowest BCUT2D eigenvalue weighted by atomic mass is 10.1. The average molecular weight is 1060 g/mol. The van der Waals surface area contributed by atoms with Crippen LogP contribution >= 0.6 is 23.2 Å². The zero-order chi connectivity index (χ0) is 52.5. The molecule has 0 amide bonds. The van der Waals surface area contributed by atoms with E-state index in [4.69, 9.17) is 33.2 Å². The Balaban J connectivity index is 0.000000162. The molecule has 12 rings (SSSR count). The second-order valence-electron chi connectivity index (χ2n) is 19.4. The van der Waals surface area contributed by atoms with Gasteiger partial charge in [0, 0.05) is 97.6 Å². The molecule has 6 aromatic carbocycles. The SMILES string of the molecule is Cc1cc(N2CCNCC2)cc2[nH]c(-c3c(NC[C@@H](O)c4cccc(Cl)c4)[nH]c4ccccc4c3=O)nc12.Cc1cc(N2CCNCC2)cc2[nH]c(-c3c(NC[C@@H](O)c4cccc(Cl)c4)c4ccccc4[nH]c3=O)nc12. The number of hydrogen-bond acceptors (Lipinski definition) is 12. The summed E-state index contributed by atoms with van der Waals surface area (Å²) in [7, 11) is 0. The van der Waals surface area contributed by atoms with Gasteiger partial charge in [-0.25, -0.2) is 9.97 Å². The molecule has 4 aromatic heterocycles. The molecule has 0 spiro atoms. The number of aryl methyl sites for hydroxylation is 2.